The van der Waals surface area contributed by atoms with E-state index in [1.165, 1.54) is 12.2 Å². The van der Waals surface area contributed by atoms with Crippen LogP contribution in [0.25, 0.3) is 0 Å². The zero-order chi connectivity index (χ0) is 6.69. The molecular weight excluding hydrogens is 116 g/mol. The number of ketones is 1. The average Bonchev–Trinajstić information content (AvgIpc) is 1.90. The van der Waals surface area contributed by atoms with Gasteiger partial charge in [0.15, 0.2) is 5.78 Å². The van der Waals surface area contributed by atoms with Gasteiger partial charge in [0.2, 0.25) is 0 Å². The first-order valence-corrected chi connectivity index (χ1v) is 2.76. The molecule has 0 aliphatic heterocycles. The van der Waals surface area contributed by atoms with E-state index in [2.05, 4.69) is 0 Å². The van der Waals surface area contributed by atoms with E-state index in [4.69, 9.17) is 4.74 Å². The Kier molecular flexibility index (Phi) is 1.80. The van der Waals surface area contributed by atoms with E-state index in [1.54, 1.807) is 19.3 Å². The van der Waals surface area contributed by atoms with E-state index in [-0.39, 0.29) is 11.9 Å². The number of methoxy groups -OCH3 is 1. The van der Waals surface area contributed by atoms with Gasteiger partial charge in [0, 0.05) is 7.11 Å². The van der Waals surface area contributed by atoms with E-state index in [0.717, 1.165) is 0 Å². The summed E-state index contributed by atoms with van der Waals surface area (Å²) in [5.41, 5.74) is 0. The molecule has 0 saturated carbocycles. The summed E-state index contributed by atoms with van der Waals surface area (Å²) in [6, 6.07) is 0. The molecule has 0 unspecified atom stereocenters. The highest BCUT2D eigenvalue weighted by Gasteiger charge is 2.02. The van der Waals surface area contributed by atoms with Gasteiger partial charge in [0.25, 0.3) is 0 Å². The van der Waals surface area contributed by atoms with Crippen molar-refractivity contribution in [2.24, 2.45) is 0 Å². The molecule has 2 heteroatoms. The van der Waals surface area contributed by atoms with Gasteiger partial charge < -0.3 is 4.74 Å². The molecule has 0 amide bonds. The van der Waals surface area contributed by atoms with E-state index in [1.807, 2.05) is 0 Å². The molecule has 0 bridgehead atoms. The lowest BCUT2D eigenvalue weighted by Crippen LogP contribution is -2.07. The molecule has 1 rings (SSSR count). The number of hydrogen-bond donors (Lipinski definition) is 0. The molecule has 0 spiro atoms. The zero-order valence-corrected chi connectivity index (χ0v) is 5.20. The molecule has 2 nitrogen and oxygen atoms in total. The summed E-state index contributed by atoms with van der Waals surface area (Å²) in [6.45, 7) is 0. The first kappa shape index (κ1) is 6.23. The number of rotatable bonds is 1. The summed E-state index contributed by atoms with van der Waals surface area (Å²) in [6.07, 6.45) is 6.45. The molecule has 1 aliphatic carbocycles. The molecule has 48 valence electrons. The van der Waals surface area contributed by atoms with E-state index < -0.39 is 0 Å². The minimum absolute atomic E-state index is 0.0114. The van der Waals surface area contributed by atoms with Crippen LogP contribution in [0.1, 0.15) is 0 Å². The third-order valence-electron chi connectivity index (χ3n) is 1.17. The average molecular weight is 124 g/mol. The summed E-state index contributed by atoms with van der Waals surface area (Å²) in [7, 11) is 1.61. The van der Waals surface area contributed by atoms with Crippen LogP contribution < -0.4 is 0 Å². The Morgan fingerprint density at radius 2 is 2.00 bits per heavy atom. The third-order valence-corrected chi connectivity index (χ3v) is 1.17. The first-order chi connectivity index (χ1) is 4.33. The first-order valence-electron chi connectivity index (χ1n) is 2.76. The molecule has 0 fully saturated rings. The second kappa shape index (κ2) is 2.60. The van der Waals surface area contributed by atoms with Crippen LogP contribution in [0.3, 0.4) is 0 Å². The molecule has 0 radical (unpaired) electrons. The van der Waals surface area contributed by atoms with Crippen LogP contribution in [0, 0.1) is 0 Å². The van der Waals surface area contributed by atoms with Crippen molar-refractivity contribution in [3.63, 3.8) is 0 Å². The van der Waals surface area contributed by atoms with Gasteiger partial charge in [0.1, 0.15) is 0 Å². The topological polar surface area (TPSA) is 26.3 Å². The third kappa shape index (κ3) is 1.50. The minimum atomic E-state index is -0.0114. The SMILES string of the molecule is COC1C=CC(=O)C=C1. The van der Waals surface area contributed by atoms with Gasteiger partial charge in [0.05, 0.1) is 6.10 Å². The molecular formula is C7H8O2. The standard InChI is InChI=1S/C7H8O2/c1-9-7-4-2-6(8)3-5-7/h2-5,7H,1H3. The van der Waals surface area contributed by atoms with Gasteiger partial charge in [-0.2, -0.15) is 0 Å². The van der Waals surface area contributed by atoms with E-state index >= 15 is 0 Å². The van der Waals surface area contributed by atoms with Crippen LogP contribution in [0.15, 0.2) is 24.3 Å². The number of allylic oxidation sites excluding steroid dienone is 2. The number of carbonyl (C=O) groups excluding carboxylic acids is 1. The molecule has 0 aromatic rings. The molecule has 0 atom stereocenters. The maximum atomic E-state index is 10.5. The van der Waals surface area contributed by atoms with Crippen molar-refractivity contribution in [2.75, 3.05) is 7.11 Å². The van der Waals surface area contributed by atoms with Crippen molar-refractivity contribution in [3.05, 3.63) is 24.3 Å². The van der Waals surface area contributed by atoms with Crippen molar-refractivity contribution >= 4 is 5.78 Å². The molecule has 0 N–H and O–H groups in total. The van der Waals surface area contributed by atoms with Crippen LogP contribution >= 0.6 is 0 Å². The van der Waals surface area contributed by atoms with Gasteiger partial charge in [-0.3, -0.25) is 4.79 Å². The van der Waals surface area contributed by atoms with Crippen LogP contribution in [-0.4, -0.2) is 19.0 Å². The number of ether oxygens (including phenoxy) is 1. The van der Waals surface area contributed by atoms with Crippen molar-refractivity contribution in [2.45, 2.75) is 6.10 Å². The van der Waals surface area contributed by atoms with E-state index in [0.29, 0.717) is 0 Å². The normalized spacial score (nSPS) is 19.0. The van der Waals surface area contributed by atoms with E-state index in [9.17, 15) is 4.79 Å². The molecule has 0 aromatic heterocycles. The maximum Gasteiger partial charge on any atom is 0.178 e. The Bertz CT molecular complexity index is 152. The molecule has 0 aromatic carbocycles. The zero-order valence-electron chi connectivity index (χ0n) is 5.20. The largest absolute Gasteiger partial charge is 0.373 e. The molecule has 1 aliphatic rings. The lowest BCUT2D eigenvalue weighted by atomic mass is 10.1. The van der Waals surface area contributed by atoms with Crippen molar-refractivity contribution in [3.8, 4) is 0 Å². The van der Waals surface area contributed by atoms with Gasteiger partial charge >= 0.3 is 0 Å². The number of carbonyl (C=O) groups is 1. The monoisotopic (exact) mass is 124 g/mol. The molecule has 9 heavy (non-hydrogen) atoms. The predicted molar refractivity (Wildman–Crippen MR) is 34.1 cm³/mol. The summed E-state index contributed by atoms with van der Waals surface area (Å²) < 4.78 is 4.91. The quantitative estimate of drug-likeness (QED) is 0.514. The second-order valence-corrected chi connectivity index (χ2v) is 1.82. The smallest absolute Gasteiger partial charge is 0.178 e. The lowest BCUT2D eigenvalue weighted by molar-refractivity contribution is -0.110. The summed E-state index contributed by atoms with van der Waals surface area (Å²) in [4.78, 5) is 10.5. The Morgan fingerprint density at radius 1 is 1.44 bits per heavy atom. The lowest BCUT2D eigenvalue weighted by Gasteiger charge is -2.05. The molecule has 0 heterocycles. The Labute approximate surface area is 53.8 Å². The van der Waals surface area contributed by atoms with Crippen molar-refractivity contribution in [1.29, 1.82) is 0 Å². The highest BCUT2D eigenvalue weighted by atomic mass is 16.5. The Balaban J connectivity index is 2.58. The second-order valence-electron chi connectivity index (χ2n) is 1.82. The van der Waals surface area contributed by atoms with Crippen LogP contribution in [0.2, 0.25) is 0 Å². The predicted octanol–water partition coefficient (Wildman–Crippen LogP) is 0.697. The van der Waals surface area contributed by atoms with Gasteiger partial charge in [-0.25, -0.2) is 0 Å². The summed E-state index contributed by atoms with van der Waals surface area (Å²) in [5.74, 6) is 0.0308. The van der Waals surface area contributed by atoms with Crippen LogP contribution in [0.5, 0.6) is 0 Å². The summed E-state index contributed by atoms with van der Waals surface area (Å²) in [5, 5.41) is 0. The summed E-state index contributed by atoms with van der Waals surface area (Å²) >= 11 is 0. The fourth-order valence-corrected chi connectivity index (χ4v) is 0.656. The fourth-order valence-electron chi connectivity index (χ4n) is 0.656. The van der Waals surface area contributed by atoms with Crippen LogP contribution in [0.4, 0.5) is 0 Å². The maximum absolute atomic E-state index is 10.5. The molecule has 0 saturated heterocycles. The Morgan fingerprint density at radius 3 is 2.44 bits per heavy atom. The van der Waals surface area contributed by atoms with Gasteiger partial charge in [-0.05, 0) is 24.3 Å². The highest BCUT2D eigenvalue weighted by molar-refractivity contribution is 6.00. The van der Waals surface area contributed by atoms with Crippen molar-refractivity contribution in [1.82, 2.24) is 0 Å². The van der Waals surface area contributed by atoms with Crippen LogP contribution in [-0.2, 0) is 9.53 Å². The minimum Gasteiger partial charge on any atom is -0.373 e. The highest BCUT2D eigenvalue weighted by Crippen LogP contribution is 2.00. The van der Waals surface area contributed by atoms with Gasteiger partial charge in [-0.1, -0.05) is 0 Å². The fraction of sp³-hybridized carbons (Fsp3) is 0.286. The number of hydrogen-bond acceptors (Lipinski definition) is 2. The van der Waals surface area contributed by atoms with Crippen molar-refractivity contribution < 1.29 is 9.53 Å². The van der Waals surface area contributed by atoms with Gasteiger partial charge in [-0.15, -0.1) is 0 Å². The Hall–Kier alpha value is -0.890.